The van der Waals surface area contributed by atoms with Crippen molar-refractivity contribution in [1.82, 2.24) is 0 Å². The fourth-order valence-electron chi connectivity index (χ4n) is 2.60. The number of fused-ring (bicyclic) bond motifs is 1. The van der Waals surface area contributed by atoms with Crippen LogP contribution in [0.5, 0.6) is 11.5 Å². The fourth-order valence-corrected chi connectivity index (χ4v) is 3.77. The van der Waals surface area contributed by atoms with Crippen LogP contribution in [0.25, 0.3) is 10.8 Å². The zero-order valence-electron chi connectivity index (χ0n) is 16.7. The van der Waals surface area contributed by atoms with Gasteiger partial charge in [-0.1, -0.05) is 12.1 Å². The Morgan fingerprint density at radius 2 is 1.52 bits per heavy atom. The number of phenolic OH excluding ortho intramolecular Hbond substituents is 1. The first-order valence-corrected chi connectivity index (χ1v) is 10.7. The van der Waals surface area contributed by atoms with Crippen LogP contribution in [0.4, 0.5) is 11.4 Å². The molecule has 3 rings (SSSR count). The van der Waals surface area contributed by atoms with E-state index in [1.165, 1.54) is 13.2 Å². The number of aromatic hydroxyl groups is 1. The number of nitrogens with zero attached hydrogens (tertiary/aromatic N) is 2. The van der Waals surface area contributed by atoms with Crippen molar-refractivity contribution in [3.63, 3.8) is 0 Å². The number of hydrogen-bond donors (Lipinski definition) is 3. The van der Waals surface area contributed by atoms with E-state index in [1.807, 2.05) is 0 Å². The largest absolute Gasteiger partial charge is 0.505 e. The number of phenols is 1. The Morgan fingerprint density at radius 3 is 2.10 bits per heavy atom. The molecule has 0 saturated heterocycles. The summed E-state index contributed by atoms with van der Waals surface area (Å²) in [6, 6.07) is 10.5. The van der Waals surface area contributed by atoms with Crippen LogP contribution < -0.4 is 4.74 Å². The molecule has 0 heterocycles. The van der Waals surface area contributed by atoms with Crippen LogP contribution in [0, 0.1) is 0 Å². The Balaban J connectivity index is 0.00000240. The molecule has 10 nitrogen and oxygen atoms in total. The van der Waals surface area contributed by atoms with Gasteiger partial charge >= 0.3 is 0 Å². The summed E-state index contributed by atoms with van der Waals surface area (Å²) in [7, 11) is -8.04. The van der Waals surface area contributed by atoms with Crippen molar-refractivity contribution < 1.29 is 35.8 Å². The van der Waals surface area contributed by atoms with Crippen LogP contribution in [0.15, 0.2) is 68.6 Å². The second-order valence-corrected chi connectivity index (χ2v) is 8.59. The Labute approximate surface area is 222 Å². The van der Waals surface area contributed by atoms with E-state index in [9.17, 15) is 26.5 Å². The van der Waals surface area contributed by atoms with Gasteiger partial charge in [-0.25, -0.2) is 0 Å². The number of ether oxygens (including phenoxy) is 1. The molecule has 0 aliphatic heterocycles. The number of azo groups is 1. The first kappa shape index (κ1) is 28.0. The average Bonchev–Trinajstić information content (AvgIpc) is 2.65. The molecule has 0 spiro atoms. The molecule has 3 aromatic rings. The molecule has 0 aliphatic carbocycles. The molecular weight excluding hydrogens is 470 g/mol. The summed E-state index contributed by atoms with van der Waals surface area (Å²) in [4.78, 5) is -1.32. The summed E-state index contributed by atoms with van der Waals surface area (Å²) in [6.45, 7) is 0. The van der Waals surface area contributed by atoms with Crippen LogP contribution in [-0.2, 0) is 20.2 Å². The Kier molecular flexibility index (Phi) is 9.66. The molecule has 31 heavy (non-hydrogen) atoms. The van der Waals surface area contributed by atoms with Crippen LogP contribution in [0.1, 0.15) is 0 Å². The van der Waals surface area contributed by atoms with Crippen LogP contribution in [0.3, 0.4) is 0 Å². The number of methoxy groups -OCH3 is 1. The molecule has 0 aromatic heterocycles. The predicted molar refractivity (Wildman–Crippen MR) is 114 cm³/mol. The summed E-state index contributed by atoms with van der Waals surface area (Å²) in [5.41, 5.74) is -0.317. The second kappa shape index (κ2) is 10.7. The summed E-state index contributed by atoms with van der Waals surface area (Å²) >= 11 is 0. The average molecular weight is 484 g/mol. The third-order valence-corrected chi connectivity index (χ3v) is 5.66. The van der Waals surface area contributed by atoms with E-state index in [4.69, 9.17) is 9.29 Å². The van der Waals surface area contributed by atoms with E-state index in [-0.39, 0.29) is 75.6 Å². The molecular formula is C17H14N2Na2O8S2. The summed E-state index contributed by atoms with van der Waals surface area (Å²) < 4.78 is 70.1. The maximum Gasteiger partial charge on any atom is 0.296 e. The normalized spacial score (nSPS) is 11.7. The minimum Gasteiger partial charge on any atom is -0.505 e. The third-order valence-electron chi connectivity index (χ3n) is 3.94. The van der Waals surface area contributed by atoms with Gasteiger partial charge in [-0.2, -0.15) is 16.8 Å². The van der Waals surface area contributed by atoms with Crippen LogP contribution >= 0.6 is 0 Å². The predicted octanol–water partition coefficient (Wildman–Crippen LogP) is 2.70. The van der Waals surface area contributed by atoms with E-state index >= 15 is 0 Å². The summed E-state index contributed by atoms with van der Waals surface area (Å²) in [6.07, 6.45) is 0. The molecule has 3 aromatic carbocycles. The molecule has 3 N–H and O–H groups in total. The van der Waals surface area contributed by atoms with Gasteiger partial charge < -0.3 is 9.84 Å². The molecule has 0 aliphatic rings. The van der Waals surface area contributed by atoms with Crippen molar-refractivity contribution in [2.75, 3.05) is 7.11 Å². The molecule has 0 fully saturated rings. The number of benzene rings is 3. The van der Waals surface area contributed by atoms with Gasteiger partial charge in [0.25, 0.3) is 20.2 Å². The summed E-state index contributed by atoms with van der Waals surface area (Å²) in [5, 5.41) is 18.1. The zero-order valence-corrected chi connectivity index (χ0v) is 22.3. The van der Waals surface area contributed by atoms with Crippen molar-refractivity contribution in [3.8, 4) is 11.5 Å². The standard InChI is InChI=1S/C17H14N2O8S2.2Na/c1-27-14-5-3-2-4-13(14)18-19-16-15(29(24,25)26)9-10-8-11(28(21,22)23)6-7-12(10)17(16)20;;/h2-9,20H,1H3,(H,21,22,23)(H,24,25,26);;. The fraction of sp³-hybridized carbons (Fsp3) is 0.0588. The molecule has 2 radical (unpaired) electrons. The van der Waals surface area contributed by atoms with Gasteiger partial charge in [0.1, 0.15) is 22.0 Å². The van der Waals surface area contributed by atoms with E-state index in [1.54, 1.807) is 18.2 Å². The molecule has 0 amide bonds. The molecule has 0 saturated carbocycles. The number of hydrogen-bond acceptors (Lipinski definition) is 8. The van der Waals surface area contributed by atoms with Crippen molar-refractivity contribution in [3.05, 3.63) is 48.5 Å². The van der Waals surface area contributed by atoms with Gasteiger partial charge in [0.05, 0.1) is 12.0 Å². The smallest absolute Gasteiger partial charge is 0.296 e. The van der Waals surface area contributed by atoms with Gasteiger partial charge in [-0.05, 0) is 41.8 Å². The quantitative estimate of drug-likeness (QED) is 0.283. The van der Waals surface area contributed by atoms with Gasteiger partial charge in [-0.15, -0.1) is 10.2 Å². The maximum absolute atomic E-state index is 11.8. The Bertz CT molecular complexity index is 1360. The van der Waals surface area contributed by atoms with Gasteiger partial charge in [0.15, 0.2) is 5.75 Å². The van der Waals surface area contributed by atoms with Crippen molar-refractivity contribution in [1.29, 1.82) is 0 Å². The third kappa shape index (κ3) is 6.26. The van der Waals surface area contributed by atoms with Crippen molar-refractivity contribution in [2.45, 2.75) is 9.79 Å². The minimum atomic E-state index is -4.87. The van der Waals surface area contributed by atoms with E-state index in [2.05, 4.69) is 10.2 Å². The van der Waals surface area contributed by atoms with Gasteiger partial charge in [0.2, 0.25) is 0 Å². The molecule has 0 bridgehead atoms. The van der Waals surface area contributed by atoms with Crippen molar-refractivity contribution >= 4 is 101 Å². The number of para-hydroxylation sites is 1. The SMILES string of the molecule is COc1ccccc1N=Nc1c(S(=O)(=O)O)cc2cc(S(=O)(=O)O)ccc2c1O.[Na].[Na]. The maximum atomic E-state index is 11.8. The summed E-state index contributed by atoms with van der Waals surface area (Å²) in [5.74, 6) is -0.321. The van der Waals surface area contributed by atoms with E-state index in [0.29, 0.717) is 5.75 Å². The van der Waals surface area contributed by atoms with Gasteiger partial charge in [0, 0.05) is 64.5 Å². The van der Waals surface area contributed by atoms with Crippen LogP contribution in [-0.4, -0.2) is 97.3 Å². The first-order chi connectivity index (χ1) is 13.5. The minimum absolute atomic E-state index is 0. The Morgan fingerprint density at radius 1 is 0.871 bits per heavy atom. The van der Waals surface area contributed by atoms with Crippen LogP contribution in [0.2, 0.25) is 0 Å². The zero-order chi connectivity index (χ0) is 21.4. The molecule has 0 unspecified atom stereocenters. The van der Waals surface area contributed by atoms with Gasteiger partial charge in [-0.3, -0.25) is 9.11 Å². The van der Waals surface area contributed by atoms with E-state index in [0.717, 1.165) is 24.3 Å². The number of rotatable bonds is 5. The molecule has 14 heteroatoms. The monoisotopic (exact) mass is 484 g/mol. The molecule has 0 atom stereocenters. The topological polar surface area (TPSA) is 163 Å². The molecule has 154 valence electrons. The van der Waals surface area contributed by atoms with Crippen molar-refractivity contribution in [2.24, 2.45) is 10.2 Å². The Hall–Kier alpha value is -1.06. The first-order valence-electron chi connectivity index (χ1n) is 7.82. The van der Waals surface area contributed by atoms with E-state index < -0.39 is 41.5 Å². The second-order valence-electron chi connectivity index (χ2n) is 5.78.